The minimum atomic E-state index is -1.13. The molecule has 1 unspecified atom stereocenters. The average molecular weight is 198 g/mol. The molecule has 0 aromatic carbocycles. The number of hydrogen-bond donors (Lipinski definition) is 0. The largest absolute Gasteiger partial charge is 0.545 e. The van der Waals surface area contributed by atoms with Gasteiger partial charge in [0.2, 0.25) is 0 Å². The molecule has 0 saturated heterocycles. The highest BCUT2D eigenvalue weighted by atomic mass is 16.4. The minimum absolute atomic E-state index is 0.198. The Hall–Kier alpha value is -0.830. The molecule has 0 N–H and O–H groups in total. The monoisotopic (exact) mass is 198 g/mol. The van der Waals surface area contributed by atoms with Crippen molar-refractivity contribution < 1.29 is 9.90 Å². The Morgan fingerprint density at radius 3 is 2.14 bits per heavy atom. The van der Waals surface area contributed by atoms with Crippen LogP contribution < -0.4 is 5.11 Å². The number of hydrogen-bond acceptors (Lipinski definition) is 3. The lowest BCUT2D eigenvalue weighted by Gasteiger charge is -2.29. The van der Waals surface area contributed by atoms with Crippen molar-refractivity contribution in [2.24, 2.45) is 0 Å². The first kappa shape index (κ1) is 13.2. The van der Waals surface area contributed by atoms with Gasteiger partial charge in [0.05, 0.1) is 5.97 Å². The molecule has 0 bridgehead atoms. The molecule has 0 saturated carbocycles. The fraction of sp³-hybridized carbons (Fsp3) is 0.727. The van der Waals surface area contributed by atoms with Crippen LogP contribution in [0.4, 0.5) is 0 Å². The molecule has 82 valence electrons. The molecule has 0 amide bonds. The van der Waals surface area contributed by atoms with Gasteiger partial charge >= 0.3 is 0 Å². The van der Waals surface area contributed by atoms with E-state index in [2.05, 4.69) is 32.3 Å². The SMILES string of the molecule is C=C(CC(CC)N(CC)CC)C(=O)[O-]. The molecule has 0 aliphatic rings. The summed E-state index contributed by atoms with van der Waals surface area (Å²) < 4.78 is 0. The molecule has 1 atom stereocenters. The Bertz CT molecular complexity index is 197. The standard InChI is InChI=1S/C11H21NO2/c1-5-10(12(6-2)7-3)8-9(4)11(13)14/h10H,4-8H2,1-3H3,(H,13,14)/p-1. The van der Waals surface area contributed by atoms with E-state index in [1.54, 1.807) is 0 Å². The Labute approximate surface area is 86.4 Å². The lowest BCUT2D eigenvalue weighted by Crippen LogP contribution is -2.36. The molecule has 0 aromatic rings. The molecular formula is C11H20NO2-. The first-order chi connectivity index (χ1) is 6.56. The van der Waals surface area contributed by atoms with Gasteiger partial charge < -0.3 is 14.8 Å². The van der Waals surface area contributed by atoms with Crippen LogP contribution in [-0.2, 0) is 4.79 Å². The van der Waals surface area contributed by atoms with Gasteiger partial charge in [0.15, 0.2) is 0 Å². The zero-order chi connectivity index (χ0) is 11.1. The van der Waals surface area contributed by atoms with Crippen LogP contribution in [0.25, 0.3) is 0 Å². The fourth-order valence-electron chi connectivity index (χ4n) is 1.64. The maximum absolute atomic E-state index is 10.5. The highest BCUT2D eigenvalue weighted by molar-refractivity contribution is 5.83. The second kappa shape index (κ2) is 6.60. The summed E-state index contributed by atoms with van der Waals surface area (Å²) in [4.78, 5) is 12.8. The zero-order valence-corrected chi connectivity index (χ0v) is 9.38. The van der Waals surface area contributed by atoms with Crippen LogP contribution in [0, 0.1) is 0 Å². The summed E-state index contributed by atoms with van der Waals surface area (Å²) in [7, 11) is 0. The predicted molar refractivity (Wildman–Crippen MR) is 55.8 cm³/mol. The van der Waals surface area contributed by atoms with Gasteiger partial charge in [-0.3, -0.25) is 0 Å². The summed E-state index contributed by atoms with van der Waals surface area (Å²) in [5.41, 5.74) is 0.198. The van der Waals surface area contributed by atoms with Crippen LogP contribution in [0.3, 0.4) is 0 Å². The van der Waals surface area contributed by atoms with Crippen LogP contribution >= 0.6 is 0 Å². The molecule has 14 heavy (non-hydrogen) atoms. The average Bonchev–Trinajstić information content (AvgIpc) is 2.17. The number of carbonyl (C=O) groups excluding carboxylic acids is 1. The first-order valence-corrected chi connectivity index (χ1v) is 5.19. The van der Waals surface area contributed by atoms with Crippen LogP contribution in [-0.4, -0.2) is 30.0 Å². The number of aliphatic carboxylic acids is 1. The third-order valence-corrected chi connectivity index (χ3v) is 2.57. The number of nitrogens with zero attached hydrogens (tertiary/aromatic N) is 1. The smallest absolute Gasteiger partial charge is 0.0669 e. The van der Waals surface area contributed by atoms with E-state index in [0.717, 1.165) is 19.5 Å². The molecule has 0 rings (SSSR count). The lowest BCUT2D eigenvalue weighted by atomic mass is 10.0. The third kappa shape index (κ3) is 3.92. The minimum Gasteiger partial charge on any atom is -0.545 e. The Kier molecular flexibility index (Phi) is 6.21. The topological polar surface area (TPSA) is 43.4 Å². The second-order valence-electron chi connectivity index (χ2n) is 3.38. The molecule has 0 radical (unpaired) electrons. The highest BCUT2D eigenvalue weighted by Crippen LogP contribution is 2.12. The maximum Gasteiger partial charge on any atom is 0.0669 e. The molecule has 3 heteroatoms. The molecule has 0 fully saturated rings. The van der Waals surface area contributed by atoms with E-state index in [4.69, 9.17) is 0 Å². The van der Waals surface area contributed by atoms with Gasteiger partial charge in [0.25, 0.3) is 0 Å². The summed E-state index contributed by atoms with van der Waals surface area (Å²) in [6.07, 6.45) is 1.44. The van der Waals surface area contributed by atoms with Crippen LogP contribution in [0.1, 0.15) is 33.6 Å². The van der Waals surface area contributed by atoms with E-state index in [1.165, 1.54) is 0 Å². The van der Waals surface area contributed by atoms with E-state index >= 15 is 0 Å². The predicted octanol–water partition coefficient (Wildman–Crippen LogP) is 0.803. The first-order valence-electron chi connectivity index (χ1n) is 5.19. The van der Waals surface area contributed by atoms with Gasteiger partial charge in [-0.1, -0.05) is 27.4 Å². The van der Waals surface area contributed by atoms with Crippen molar-refractivity contribution in [3.63, 3.8) is 0 Å². The van der Waals surface area contributed by atoms with Gasteiger partial charge in [-0.05, 0) is 31.5 Å². The number of carboxylic acids is 1. The molecule has 3 nitrogen and oxygen atoms in total. The van der Waals surface area contributed by atoms with Crippen molar-refractivity contribution in [1.82, 2.24) is 4.90 Å². The van der Waals surface area contributed by atoms with Crippen molar-refractivity contribution in [3.8, 4) is 0 Å². The normalized spacial score (nSPS) is 12.9. The van der Waals surface area contributed by atoms with E-state index < -0.39 is 5.97 Å². The Morgan fingerprint density at radius 1 is 1.36 bits per heavy atom. The van der Waals surface area contributed by atoms with E-state index in [-0.39, 0.29) is 11.6 Å². The van der Waals surface area contributed by atoms with E-state index in [9.17, 15) is 9.90 Å². The molecule has 0 aliphatic carbocycles. The maximum atomic E-state index is 10.5. The van der Waals surface area contributed by atoms with Crippen LogP contribution in [0.2, 0.25) is 0 Å². The van der Waals surface area contributed by atoms with Gasteiger partial charge in [-0.25, -0.2) is 0 Å². The zero-order valence-electron chi connectivity index (χ0n) is 9.38. The molecule has 0 spiro atoms. The molecule has 0 aromatic heterocycles. The van der Waals surface area contributed by atoms with Crippen molar-refractivity contribution in [1.29, 1.82) is 0 Å². The molecular weight excluding hydrogens is 178 g/mol. The van der Waals surface area contributed by atoms with Crippen molar-refractivity contribution in [2.45, 2.75) is 39.7 Å². The fourth-order valence-corrected chi connectivity index (χ4v) is 1.64. The van der Waals surface area contributed by atoms with Crippen LogP contribution in [0.15, 0.2) is 12.2 Å². The van der Waals surface area contributed by atoms with E-state index in [0.29, 0.717) is 6.42 Å². The lowest BCUT2D eigenvalue weighted by molar-refractivity contribution is -0.299. The van der Waals surface area contributed by atoms with Crippen LogP contribution in [0.5, 0.6) is 0 Å². The van der Waals surface area contributed by atoms with Crippen molar-refractivity contribution >= 4 is 5.97 Å². The highest BCUT2D eigenvalue weighted by Gasteiger charge is 2.14. The van der Waals surface area contributed by atoms with Gasteiger partial charge in [0, 0.05) is 6.04 Å². The summed E-state index contributed by atoms with van der Waals surface area (Å²) in [5.74, 6) is -1.13. The molecule has 0 aliphatic heterocycles. The van der Waals surface area contributed by atoms with Crippen molar-refractivity contribution in [3.05, 3.63) is 12.2 Å². The summed E-state index contributed by atoms with van der Waals surface area (Å²) in [6, 6.07) is 0.274. The summed E-state index contributed by atoms with van der Waals surface area (Å²) >= 11 is 0. The number of carbonyl (C=O) groups is 1. The van der Waals surface area contributed by atoms with Gasteiger partial charge in [-0.2, -0.15) is 0 Å². The van der Waals surface area contributed by atoms with Gasteiger partial charge in [-0.15, -0.1) is 0 Å². The quantitative estimate of drug-likeness (QED) is 0.568. The van der Waals surface area contributed by atoms with Crippen molar-refractivity contribution in [2.75, 3.05) is 13.1 Å². The Balaban J connectivity index is 4.27. The molecule has 0 heterocycles. The summed E-state index contributed by atoms with van der Waals surface area (Å²) in [6.45, 7) is 11.6. The van der Waals surface area contributed by atoms with Gasteiger partial charge in [0.1, 0.15) is 0 Å². The van der Waals surface area contributed by atoms with E-state index in [1.807, 2.05) is 0 Å². The number of carboxylic acid groups (broad SMARTS) is 1. The second-order valence-corrected chi connectivity index (χ2v) is 3.38. The summed E-state index contributed by atoms with van der Waals surface area (Å²) in [5, 5.41) is 10.5. The number of rotatable bonds is 7. The third-order valence-electron chi connectivity index (χ3n) is 2.57. The Morgan fingerprint density at radius 2 is 1.86 bits per heavy atom.